The van der Waals surface area contributed by atoms with Crippen LogP contribution in [-0.2, 0) is 9.53 Å². The van der Waals surface area contributed by atoms with Gasteiger partial charge in [0.2, 0.25) is 0 Å². The Labute approximate surface area is 177 Å². The predicted octanol–water partition coefficient (Wildman–Crippen LogP) is 5.26. The summed E-state index contributed by atoms with van der Waals surface area (Å²) in [5, 5.41) is 3.01. The third-order valence-corrected chi connectivity index (χ3v) is 5.65. The van der Waals surface area contributed by atoms with Crippen LogP contribution in [0.4, 0.5) is 5.69 Å². The Hall–Kier alpha value is -1.59. The zero-order chi connectivity index (χ0) is 21.0. The van der Waals surface area contributed by atoms with Crippen molar-refractivity contribution in [3.05, 3.63) is 24.3 Å². The van der Waals surface area contributed by atoms with E-state index in [1.54, 1.807) is 0 Å². The van der Waals surface area contributed by atoms with Crippen molar-refractivity contribution < 1.29 is 14.3 Å². The molecule has 1 atom stereocenters. The van der Waals surface area contributed by atoms with Crippen LogP contribution in [0.5, 0.6) is 5.75 Å². The van der Waals surface area contributed by atoms with Crippen LogP contribution in [0, 0.1) is 0 Å². The van der Waals surface area contributed by atoms with E-state index in [1.165, 1.54) is 32.4 Å². The number of ether oxygens (including phenoxy) is 2. The zero-order valence-corrected chi connectivity index (χ0v) is 18.7. The number of carbonyl (C=O) groups is 1. The molecular formula is C24H40N2O3. The maximum atomic E-state index is 12.8. The lowest BCUT2D eigenvalue weighted by Crippen LogP contribution is -2.42. The van der Waals surface area contributed by atoms with Crippen molar-refractivity contribution in [2.24, 2.45) is 0 Å². The normalized spacial score (nSPS) is 16.9. The van der Waals surface area contributed by atoms with Gasteiger partial charge in [0.1, 0.15) is 11.4 Å². The van der Waals surface area contributed by atoms with Gasteiger partial charge in [-0.1, -0.05) is 32.6 Å². The molecule has 1 saturated heterocycles. The summed E-state index contributed by atoms with van der Waals surface area (Å²) in [5.41, 5.74) is -0.00910. The number of carbonyl (C=O) groups excluding carboxylic acids is 1. The van der Waals surface area contributed by atoms with Crippen molar-refractivity contribution in [3.63, 3.8) is 0 Å². The second-order valence-corrected chi connectivity index (χ2v) is 8.20. The molecule has 0 aliphatic carbocycles. The van der Waals surface area contributed by atoms with Gasteiger partial charge in [0.25, 0.3) is 5.91 Å². The Balaban J connectivity index is 1.76. The second kappa shape index (κ2) is 12.9. The van der Waals surface area contributed by atoms with Crippen molar-refractivity contribution in [2.75, 3.05) is 38.2 Å². The van der Waals surface area contributed by atoms with Gasteiger partial charge in [0.15, 0.2) is 0 Å². The number of nitrogens with zero attached hydrogens (tertiary/aromatic N) is 1. The Kier molecular flexibility index (Phi) is 10.5. The number of hydrogen-bond donors (Lipinski definition) is 1. The first-order valence-corrected chi connectivity index (χ1v) is 11.5. The average Bonchev–Trinajstić information content (AvgIpc) is 2.73. The molecule has 1 aliphatic heterocycles. The number of benzene rings is 1. The molecule has 1 aromatic carbocycles. The van der Waals surface area contributed by atoms with Gasteiger partial charge < -0.3 is 19.7 Å². The molecule has 164 valence electrons. The molecule has 5 nitrogen and oxygen atoms in total. The number of piperidine rings is 1. The van der Waals surface area contributed by atoms with Crippen LogP contribution in [0.25, 0.3) is 0 Å². The number of amides is 1. The second-order valence-electron chi connectivity index (χ2n) is 8.20. The number of anilines is 1. The van der Waals surface area contributed by atoms with E-state index >= 15 is 0 Å². The van der Waals surface area contributed by atoms with E-state index in [0.717, 1.165) is 56.7 Å². The van der Waals surface area contributed by atoms with E-state index in [9.17, 15) is 4.79 Å². The van der Waals surface area contributed by atoms with Gasteiger partial charge in [0, 0.05) is 18.8 Å². The first-order chi connectivity index (χ1) is 14.1. The highest BCUT2D eigenvalue weighted by molar-refractivity contribution is 5.97. The lowest BCUT2D eigenvalue weighted by molar-refractivity contribution is -0.139. The van der Waals surface area contributed by atoms with Gasteiger partial charge in [-0.25, -0.2) is 0 Å². The molecule has 1 amide bonds. The van der Waals surface area contributed by atoms with Gasteiger partial charge in [-0.05, 0) is 76.9 Å². The average molecular weight is 405 g/mol. The Bertz CT molecular complexity index is 584. The summed E-state index contributed by atoms with van der Waals surface area (Å²) in [5.74, 6) is 0.766. The summed E-state index contributed by atoms with van der Waals surface area (Å²) < 4.78 is 11.7. The lowest BCUT2D eigenvalue weighted by atomic mass is 9.96. The van der Waals surface area contributed by atoms with Crippen LogP contribution in [0.3, 0.4) is 0 Å². The Morgan fingerprint density at radius 3 is 2.45 bits per heavy atom. The fourth-order valence-corrected chi connectivity index (χ4v) is 3.84. The zero-order valence-electron chi connectivity index (χ0n) is 18.7. The molecule has 5 heteroatoms. The van der Waals surface area contributed by atoms with Crippen LogP contribution in [0.2, 0.25) is 0 Å². The molecule has 2 rings (SSSR count). The van der Waals surface area contributed by atoms with E-state index in [1.807, 2.05) is 38.1 Å². The summed E-state index contributed by atoms with van der Waals surface area (Å²) in [4.78, 5) is 15.3. The summed E-state index contributed by atoms with van der Waals surface area (Å²) in [7, 11) is 0. The molecule has 0 bridgehead atoms. The molecule has 0 spiro atoms. The SMILES string of the molecule is CCCCCC(C)(OCC)C(=O)Nc1ccc(OCCCN2CCCCC2)cc1. The molecule has 0 radical (unpaired) electrons. The maximum absolute atomic E-state index is 12.8. The summed E-state index contributed by atoms with van der Waals surface area (Å²) in [6.45, 7) is 10.8. The first kappa shape index (κ1) is 23.7. The van der Waals surface area contributed by atoms with Crippen LogP contribution in [-0.4, -0.2) is 49.3 Å². The molecule has 1 fully saturated rings. The fourth-order valence-electron chi connectivity index (χ4n) is 3.84. The minimum Gasteiger partial charge on any atom is -0.494 e. The van der Waals surface area contributed by atoms with E-state index in [2.05, 4.69) is 17.1 Å². The molecule has 1 aliphatic rings. The number of unbranched alkanes of at least 4 members (excludes halogenated alkanes) is 2. The van der Waals surface area contributed by atoms with Gasteiger partial charge >= 0.3 is 0 Å². The highest BCUT2D eigenvalue weighted by Gasteiger charge is 2.33. The predicted molar refractivity (Wildman–Crippen MR) is 120 cm³/mol. The molecule has 0 saturated carbocycles. The molecular weight excluding hydrogens is 364 g/mol. The standard InChI is InChI=1S/C24H40N2O3/c1-4-6-8-16-24(3,29-5-2)23(27)25-21-12-14-22(15-13-21)28-20-11-19-26-17-9-7-10-18-26/h12-15H,4-11,16-20H2,1-3H3,(H,25,27). The van der Waals surface area contributed by atoms with Crippen molar-refractivity contribution >= 4 is 11.6 Å². The summed E-state index contributed by atoms with van der Waals surface area (Å²) >= 11 is 0. The van der Waals surface area contributed by atoms with E-state index in [0.29, 0.717) is 6.61 Å². The molecule has 29 heavy (non-hydrogen) atoms. The molecule has 1 aromatic rings. The number of likely N-dealkylation sites (tertiary alicyclic amines) is 1. The van der Waals surface area contributed by atoms with Crippen molar-refractivity contribution in [2.45, 2.75) is 77.7 Å². The Morgan fingerprint density at radius 1 is 1.07 bits per heavy atom. The van der Waals surface area contributed by atoms with Crippen molar-refractivity contribution in [3.8, 4) is 5.75 Å². The van der Waals surface area contributed by atoms with E-state index in [-0.39, 0.29) is 5.91 Å². The Morgan fingerprint density at radius 2 is 1.79 bits per heavy atom. The van der Waals surface area contributed by atoms with E-state index < -0.39 is 5.60 Å². The minimum absolute atomic E-state index is 0.0781. The first-order valence-electron chi connectivity index (χ1n) is 11.5. The highest BCUT2D eigenvalue weighted by Crippen LogP contribution is 2.23. The smallest absolute Gasteiger partial charge is 0.256 e. The third kappa shape index (κ3) is 8.35. The molecule has 1 unspecified atom stereocenters. The summed E-state index contributed by atoms with van der Waals surface area (Å²) in [6.07, 6.45) is 9.04. The lowest BCUT2D eigenvalue weighted by Gasteiger charge is -2.28. The quantitative estimate of drug-likeness (QED) is 0.456. The van der Waals surface area contributed by atoms with Gasteiger partial charge in [-0.2, -0.15) is 0 Å². The van der Waals surface area contributed by atoms with E-state index in [4.69, 9.17) is 9.47 Å². The largest absolute Gasteiger partial charge is 0.494 e. The fraction of sp³-hybridized carbons (Fsp3) is 0.708. The number of rotatable bonds is 13. The van der Waals surface area contributed by atoms with Crippen LogP contribution in [0.1, 0.15) is 72.1 Å². The molecule has 1 N–H and O–H groups in total. The third-order valence-electron chi connectivity index (χ3n) is 5.65. The van der Waals surface area contributed by atoms with Gasteiger partial charge in [-0.15, -0.1) is 0 Å². The van der Waals surface area contributed by atoms with Crippen molar-refractivity contribution in [1.29, 1.82) is 0 Å². The van der Waals surface area contributed by atoms with Crippen LogP contribution in [0.15, 0.2) is 24.3 Å². The van der Waals surface area contributed by atoms with Gasteiger partial charge in [0.05, 0.1) is 6.61 Å². The van der Waals surface area contributed by atoms with Crippen molar-refractivity contribution in [1.82, 2.24) is 4.90 Å². The highest BCUT2D eigenvalue weighted by atomic mass is 16.5. The molecule has 0 aromatic heterocycles. The maximum Gasteiger partial charge on any atom is 0.256 e. The topological polar surface area (TPSA) is 50.8 Å². The molecule has 1 heterocycles. The number of hydrogen-bond acceptors (Lipinski definition) is 4. The van der Waals surface area contributed by atoms with Gasteiger partial charge in [-0.3, -0.25) is 4.79 Å². The summed E-state index contributed by atoms with van der Waals surface area (Å²) in [6, 6.07) is 7.64. The monoisotopic (exact) mass is 404 g/mol. The van der Waals surface area contributed by atoms with Crippen LogP contribution < -0.4 is 10.1 Å². The number of nitrogens with one attached hydrogen (secondary N) is 1. The van der Waals surface area contributed by atoms with Crippen LogP contribution >= 0.6 is 0 Å². The minimum atomic E-state index is -0.784.